The van der Waals surface area contributed by atoms with E-state index in [4.69, 9.17) is 5.11 Å². The van der Waals surface area contributed by atoms with E-state index in [1.165, 1.54) is 12.8 Å². The van der Waals surface area contributed by atoms with Crippen LogP contribution in [0, 0.1) is 5.92 Å². The van der Waals surface area contributed by atoms with E-state index in [-0.39, 0.29) is 5.54 Å². The Balaban J connectivity index is 2.22. The third-order valence-electron chi connectivity index (χ3n) is 3.60. The van der Waals surface area contributed by atoms with Gasteiger partial charge in [-0.1, -0.05) is 0 Å². The van der Waals surface area contributed by atoms with Gasteiger partial charge in [-0.15, -0.1) is 0 Å². The van der Waals surface area contributed by atoms with Crippen LogP contribution >= 0.6 is 0 Å². The zero-order valence-electron chi connectivity index (χ0n) is 7.35. The van der Waals surface area contributed by atoms with Crippen molar-refractivity contribution in [2.24, 2.45) is 5.92 Å². The minimum atomic E-state index is 0.240. The van der Waals surface area contributed by atoms with E-state index >= 15 is 0 Å². The molecular formula is C9H17NO. The maximum atomic E-state index is 9.13. The predicted molar refractivity (Wildman–Crippen MR) is 44.4 cm³/mol. The zero-order chi connectivity index (χ0) is 8.11. The van der Waals surface area contributed by atoms with Crippen molar-refractivity contribution in [3.8, 4) is 0 Å². The molecule has 2 fully saturated rings. The van der Waals surface area contributed by atoms with Crippen molar-refractivity contribution in [3.63, 3.8) is 0 Å². The van der Waals surface area contributed by atoms with E-state index in [0.717, 1.165) is 6.42 Å². The van der Waals surface area contributed by atoms with Crippen LogP contribution in [0.3, 0.4) is 0 Å². The summed E-state index contributed by atoms with van der Waals surface area (Å²) in [6.45, 7) is 4.86. The third-order valence-corrected chi connectivity index (χ3v) is 3.60. The first-order valence-corrected chi connectivity index (χ1v) is 4.48. The van der Waals surface area contributed by atoms with Gasteiger partial charge >= 0.3 is 0 Å². The summed E-state index contributed by atoms with van der Waals surface area (Å²) >= 11 is 0. The molecule has 0 spiro atoms. The normalized spacial score (nSPS) is 55.4. The minimum Gasteiger partial charge on any atom is -0.396 e. The summed E-state index contributed by atoms with van der Waals surface area (Å²) in [5.74, 6) is 0.487. The molecule has 0 aromatic heterocycles. The molecule has 0 aromatic rings. The summed E-state index contributed by atoms with van der Waals surface area (Å²) in [6, 6.07) is 0. The minimum absolute atomic E-state index is 0.240. The second-order valence-corrected chi connectivity index (χ2v) is 4.69. The number of hydrogen-bond donors (Lipinski definition) is 2. The van der Waals surface area contributed by atoms with Crippen LogP contribution in [0.25, 0.3) is 0 Å². The molecule has 0 aromatic carbocycles. The van der Waals surface area contributed by atoms with E-state index in [9.17, 15) is 0 Å². The van der Waals surface area contributed by atoms with E-state index in [0.29, 0.717) is 18.1 Å². The van der Waals surface area contributed by atoms with Crippen molar-refractivity contribution in [3.05, 3.63) is 0 Å². The maximum Gasteiger partial charge on any atom is 0.0477 e. The van der Waals surface area contributed by atoms with Crippen molar-refractivity contribution >= 4 is 0 Å². The van der Waals surface area contributed by atoms with Crippen LogP contribution in [0.5, 0.6) is 0 Å². The second kappa shape index (κ2) is 1.99. The molecule has 2 heteroatoms. The van der Waals surface area contributed by atoms with Gasteiger partial charge in [-0.05, 0) is 33.1 Å². The summed E-state index contributed by atoms with van der Waals surface area (Å²) in [5.41, 5.74) is 0.575. The first kappa shape index (κ1) is 7.56. The fourth-order valence-corrected chi connectivity index (χ4v) is 2.84. The Kier molecular flexibility index (Phi) is 1.37. The van der Waals surface area contributed by atoms with Crippen molar-refractivity contribution in [2.45, 2.75) is 44.2 Å². The van der Waals surface area contributed by atoms with Gasteiger partial charge in [0.15, 0.2) is 0 Å². The topological polar surface area (TPSA) is 32.3 Å². The number of rotatable bonds is 1. The lowest BCUT2D eigenvalue weighted by molar-refractivity contribution is 0.158. The highest BCUT2D eigenvalue weighted by atomic mass is 16.3. The largest absolute Gasteiger partial charge is 0.396 e. The molecular weight excluding hydrogens is 138 g/mol. The quantitative estimate of drug-likeness (QED) is 0.589. The van der Waals surface area contributed by atoms with E-state index < -0.39 is 0 Å². The fraction of sp³-hybridized carbons (Fsp3) is 1.00. The molecule has 2 nitrogen and oxygen atoms in total. The van der Waals surface area contributed by atoms with Crippen LogP contribution in [0.15, 0.2) is 0 Å². The molecule has 2 rings (SSSR count). The summed E-state index contributed by atoms with van der Waals surface area (Å²) in [4.78, 5) is 0. The molecule has 2 bridgehead atoms. The zero-order valence-corrected chi connectivity index (χ0v) is 7.35. The fourth-order valence-electron chi connectivity index (χ4n) is 2.84. The number of nitrogens with one attached hydrogen (secondary N) is 1. The third kappa shape index (κ3) is 0.926. The summed E-state index contributed by atoms with van der Waals surface area (Å²) in [5, 5.41) is 12.7. The molecule has 2 saturated heterocycles. The molecule has 2 heterocycles. The molecule has 11 heavy (non-hydrogen) atoms. The van der Waals surface area contributed by atoms with Gasteiger partial charge in [-0.25, -0.2) is 0 Å². The Morgan fingerprint density at radius 1 is 1.45 bits per heavy atom. The van der Waals surface area contributed by atoms with Crippen LogP contribution in [0.4, 0.5) is 0 Å². The Labute approximate surface area is 68.0 Å². The first-order chi connectivity index (χ1) is 5.08. The van der Waals surface area contributed by atoms with Gasteiger partial charge in [0.25, 0.3) is 0 Å². The van der Waals surface area contributed by atoms with Crippen molar-refractivity contribution in [1.29, 1.82) is 0 Å². The van der Waals surface area contributed by atoms with Gasteiger partial charge in [0.05, 0.1) is 0 Å². The number of aliphatic hydroxyl groups excluding tert-OH is 1. The number of fused-ring (bicyclic) bond motifs is 2. The monoisotopic (exact) mass is 155 g/mol. The van der Waals surface area contributed by atoms with E-state index in [1.807, 2.05) is 0 Å². The average molecular weight is 155 g/mol. The predicted octanol–water partition coefficient (Wildman–Crippen LogP) is 0.899. The molecule has 2 aliphatic heterocycles. The van der Waals surface area contributed by atoms with Crippen LogP contribution in [-0.2, 0) is 0 Å². The SMILES string of the molecule is CC12CCC(C)(N1)C(CO)C2. The van der Waals surface area contributed by atoms with Gasteiger partial charge < -0.3 is 10.4 Å². The van der Waals surface area contributed by atoms with Gasteiger partial charge in [0.2, 0.25) is 0 Å². The second-order valence-electron chi connectivity index (χ2n) is 4.69. The Bertz CT molecular complexity index is 182. The van der Waals surface area contributed by atoms with Gasteiger partial charge in [0, 0.05) is 23.6 Å². The molecule has 0 amide bonds. The number of hydrogen-bond acceptors (Lipinski definition) is 2. The molecule has 2 N–H and O–H groups in total. The Morgan fingerprint density at radius 2 is 2.18 bits per heavy atom. The van der Waals surface area contributed by atoms with Gasteiger partial charge in [0.1, 0.15) is 0 Å². The van der Waals surface area contributed by atoms with Crippen molar-refractivity contribution < 1.29 is 5.11 Å². The molecule has 0 saturated carbocycles. The highest BCUT2D eigenvalue weighted by Gasteiger charge is 2.54. The molecule has 3 atom stereocenters. The van der Waals surface area contributed by atoms with Crippen molar-refractivity contribution in [2.75, 3.05) is 6.61 Å². The van der Waals surface area contributed by atoms with Crippen molar-refractivity contribution in [1.82, 2.24) is 5.32 Å². The Morgan fingerprint density at radius 3 is 2.45 bits per heavy atom. The summed E-state index contributed by atoms with van der Waals surface area (Å²) in [7, 11) is 0. The lowest BCUT2D eigenvalue weighted by Crippen LogP contribution is -2.41. The maximum absolute atomic E-state index is 9.13. The summed E-state index contributed by atoms with van der Waals surface area (Å²) in [6.07, 6.45) is 3.66. The average Bonchev–Trinajstić information content (AvgIpc) is 2.36. The van der Waals surface area contributed by atoms with Gasteiger partial charge in [-0.3, -0.25) is 0 Å². The summed E-state index contributed by atoms with van der Waals surface area (Å²) < 4.78 is 0. The highest BCUT2D eigenvalue weighted by molar-refractivity contribution is 5.13. The molecule has 64 valence electrons. The lowest BCUT2D eigenvalue weighted by atomic mass is 9.76. The van der Waals surface area contributed by atoms with Crippen LogP contribution in [0.1, 0.15) is 33.1 Å². The van der Waals surface area contributed by atoms with E-state index in [2.05, 4.69) is 19.2 Å². The molecule has 3 unspecified atom stereocenters. The first-order valence-electron chi connectivity index (χ1n) is 4.48. The Hall–Kier alpha value is -0.0800. The highest BCUT2D eigenvalue weighted by Crippen LogP contribution is 2.47. The lowest BCUT2D eigenvalue weighted by Gasteiger charge is -2.29. The number of aliphatic hydroxyl groups is 1. The molecule has 0 aliphatic carbocycles. The standard InChI is InChI=1S/C9H17NO/c1-8-3-4-9(2,10-8)7(5-8)6-11/h7,10-11H,3-6H2,1-2H3. The van der Waals surface area contributed by atoms with E-state index in [1.54, 1.807) is 0 Å². The van der Waals surface area contributed by atoms with Crippen LogP contribution in [-0.4, -0.2) is 22.8 Å². The van der Waals surface area contributed by atoms with Crippen LogP contribution < -0.4 is 5.32 Å². The van der Waals surface area contributed by atoms with Crippen LogP contribution in [0.2, 0.25) is 0 Å². The van der Waals surface area contributed by atoms with Gasteiger partial charge in [-0.2, -0.15) is 0 Å². The smallest absolute Gasteiger partial charge is 0.0477 e. The molecule has 0 radical (unpaired) electrons. The molecule has 2 aliphatic rings.